The van der Waals surface area contributed by atoms with Gasteiger partial charge in [0.1, 0.15) is 0 Å². The van der Waals surface area contributed by atoms with Gasteiger partial charge in [0.05, 0.1) is 29.8 Å². The summed E-state index contributed by atoms with van der Waals surface area (Å²) in [5, 5.41) is 0.968. The van der Waals surface area contributed by atoms with Crippen molar-refractivity contribution >= 4 is 22.8 Å². The Balaban J connectivity index is 2.29. The fourth-order valence-electron chi connectivity index (χ4n) is 2.20. The molecule has 5 heteroatoms. The van der Waals surface area contributed by atoms with E-state index in [1.165, 1.54) is 11.3 Å². The monoisotopic (exact) mass is 268 g/mol. The predicted molar refractivity (Wildman–Crippen MR) is 73.8 cm³/mol. The Morgan fingerprint density at radius 1 is 1.61 bits per heavy atom. The van der Waals surface area contributed by atoms with Crippen molar-refractivity contribution in [3.8, 4) is 0 Å². The molecule has 100 valence electrons. The summed E-state index contributed by atoms with van der Waals surface area (Å²) in [5.74, 6) is 0.288. The van der Waals surface area contributed by atoms with Crippen molar-refractivity contribution < 1.29 is 9.53 Å². The van der Waals surface area contributed by atoms with Crippen LogP contribution in [0.5, 0.6) is 0 Å². The van der Waals surface area contributed by atoms with Gasteiger partial charge in [-0.3, -0.25) is 4.79 Å². The van der Waals surface area contributed by atoms with Crippen LogP contribution in [0.2, 0.25) is 0 Å². The van der Waals surface area contributed by atoms with Crippen molar-refractivity contribution in [3.63, 3.8) is 0 Å². The van der Waals surface area contributed by atoms with Gasteiger partial charge in [0.15, 0.2) is 11.4 Å². The van der Waals surface area contributed by atoms with Crippen LogP contribution in [0.25, 0.3) is 0 Å². The molecule has 0 amide bonds. The Bertz CT molecular complexity index is 417. The van der Waals surface area contributed by atoms with E-state index in [0.717, 1.165) is 48.2 Å². The van der Waals surface area contributed by atoms with Crippen LogP contribution in [0.3, 0.4) is 0 Å². The highest BCUT2D eigenvalue weighted by molar-refractivity contribution is 7.17. The van der Waals surface area contributed by atoms with E-state index < -0.39 is 0 Å². The molecule has 1 saturated heterocycles. The molecule has 1 atom stereocenters. The molecule has 0 aliphatic carbocycles. The van der Waals surface area contributed by atoms with Crippen LogP contribution in [0.1, 0.15) is 48.5 Å². The second-order valence-electron chi connectivity index (χ2n) is 4.85. The van der Waals surface area contributed by atoms with Gasteiger partial charge < -0.3 is 9.64 Å². The van der Waals surface area contributed by atoms with Gasteiger partial charge in [-0.05, 0) is 12.3 Å². The number of hydrogen-bond acceptors (Lipinski definition) is 5. The molecule has 0 N–H and O–H groups in total. The first-order chi connectivity index (χ1) is 8.67. The smallest absolute Gasteiger partial charge is 0.186 e. The van der Waals surface area contributed by atoms with Crippen LogP contribution in [0, 0.1) is 0 Å². The molecule has 1 unspecified atom stereocenters. The number of rotatable bonds is 4. The lowest BCUT2D eigenvalue weighted by Gasteiger charge is -2.34. The van der Waals surface area contributed by atoms with Crippen molar-refractivity contribution in [2.45, 2.75) is 39.2 Å². The Hall–Kier alpha value is -0.940. The molecule has 1 fully saturated rings. The quantitative estimate of drug-likeness (QED) is 0.787. The van der Waals surface area contributed by atoms with Gasteiger partial charge in [0, 0.05) is 6.54 Å². The van der Waals surface area contributed by atoms with Crippen LogP contribution in [-0.4, -0.2) is 37.1 Å². The number of morpholine rings is 1. The lowest BCUT2D eigenvalue weighted by Crippen LogP contribution is -2.45. The lowest BCUT2D eigenvalue weighted by atomic mass is 10.1. The minimum absolute atomic E-state index is 0.288. The molecule has 0 spiro atoms. The number of aromatic nitrogens is 1. The van der Waals surface area contributed by atoms with E-state index in [0.29, 0.717) is 6.04 Å². The van der Waals surface area contributed by atoms with E-state index >= 15 is 0 Å². The second-order valence-corrected chi connectivity index (χ2v) is 5.86. The number of hydrogen-bond donors (Lipinski definition) is 0. The summed E-state index contributed by atoms with van der Waals surface area (Å²) in [6.07, 6.45) is 1.96. The van der Waals surface area contributed by atoms with Gasteiger partial charge in [-0.2, -0.15) is 0 Å². The van der Waals surface area contributed by atoms with Crippen LogP contribution >= 0.6 is 11.3 Å². The first-order valence-electron chi connectivity index (χ1n) is 6.47. The van der Waals surface area contributed by atoms with Crippen molar-refractivity contribution in [1.82, 2.24) is 4.98 Å². The topological polar surface area (TPSA) is 42.4 Å². The summed E-state index contributed by atoms with van der Waals surface area (Å²) in [7, 11) is 0. The van der Waals surface area contributed by atoms with E-state index in [4.69, 9.17) is 4.74 Å². The molecule has 2 heterocycles. The average molecular weight is 268 g/mol. The van der Waals surface area contributed by atoms with Crippen LogP contribution < -0.4 is 4.90 Å². The molecule has 0 aromatic carbocycles. The molecule has 1 aromatic heterocycles. The molecule has 1 aromatic rings. The van der Waals surface area contributed by atoms with Gasteiger partial charge >= 0.3 is 0 Å². The van der Waals surface area contributed by atoms with Crippen LogP contribution in [0.15, 0.2) is 0 Å². The molecule has 18 heavy (non-hydrogen) atoms. The summed E-state index contributed by atoms with van der Waals surface area (Å²) < 4.78 is 5.50. The third-order valence-corrected chi connectivity index (χ3v) is 4.30. The number of nitrogens with zero attached hydrogens (tertiary/aromatic N) is 2. The largest absolute Gasteiger partial charge is 0.377 e. The third-order valence-electron chi connectivity index (χ3n) is 3.27. The molecule has 1 aliphatic rings. The maximum atomic E-state index is 11.1. The van der Waals surface area contributed by atoms with Crippen molar-refractivity contribution in [2.24, 2.45) is 0 Å². The maximum absolute atomic E-state index is 11.1. The molecule has 0 saturated carbocycles. The molecule has 0 bridgehead atoms. The zero-order chi connectivity index (χ0) is 13.1. The van der Waals surface area contributed by atoms with Crippen molar-refractivity contribution in [1.29, 1.82) is 0 Å². The number of carbonyl (C=O) groups excluding carboxylic acids is 1. The highest BCUT2D eigenvalue weighted by atomic mass is 32.1. The molecular formula is C13H20N2O2S. The van der Waals surface area contributed by atoms with E-state index in [1.807, 2.05) is 0 Å². The second kappa shape index (κ2) is 5.80. The van der Waals surface area contributed by atoms with E-state index in [9.17, 15) is 4.79 Å². The Labute approximate surface area is 112 Å². The summed E-state index contributed by atoms with van der Waals surface area (Å²) >= 11 is 1.50. The number of anilines is 1. The molecule has 2 rings (SSSR count). The molecule has 4 nitrogen and oxygen atoms in total. The highest BCUT2D eigenvalue weighted by Crippen LogP contribution is 2.31. The van der Waals surface area contributed by atoms with Gasteiger partial charge in [0.2, 0.25) is 0 Å². The fraction of sp³-hybridized carbons (Fsp3) is 0.692. The van der Waals surface area contributed by atoms with Crippen LogP contribution in [0.4, 0.5) is 5.13 Å². The summed E-state index contributed by atoms with van der Waals surface area (Å²) in [6, 6.07) is 0.379. The fourth-order valence-corrected chi connectivity index (χ4v) is 3.33. The predicted octanol–water partition coefficient (Wildman–Crippen LogP) is 2.69. The minimum atomic E-state index is 0.288. The highest BCUT2D eigenvalue weighted by Gasteiger charge is 2.26. The summed E-state index contributed by atoms with van der Waals surface area (Å²) in [6.45, 7) is 8.66. The van der Waals surface area contributed by atoms with Gasteiger partial charge in [0.25, 0.3) is 0 Å². The average Bonchev–Trinajstić information content (AvgIpc) is 2.82. The number of aldehydes is 1. The van der Waals surface area contributed by atoms with E-state index in [2.05, 4.69) is 30.7 Å². The third kappa shape index (κ3) is 2.57. The summed E-state index contributed by atoms with van der Waals surface area (Å²) in [4.78, 5) is 18.8. The van der Waals surface area contributed by atoms with Gasteiger partial charge in [-0.15, -0.1) is 0 Å². The SMILES string of the molecule is CCC1COCCN1c1nc(C(C)C)c(C=O)s1. The van der Waals surface area contributed by atoms with E-state index in [-0.39, 0.29) is 5.92 Å². The molecular weight excluding hydrogens is 248 g/mol. The standard InChI is InChI=1S/C13H20N2O2S/c1-4-10-8-17-6-5-15(10)13-14-12(9(2)3)11(7-16)18-13/h7,9-10H,4-6,8H2,1-3H3. The van der Waals surface area contributed by atoms with Crippen molar-refractivity contribution in [3.05, 3.63) is 10.6 Å². The van der Waals surface area contributed by atoms with E-state index in [1.54, 1.807) is 0 Å². The minimum Gasteiger partial charge on any atom is -0.377 e. The normalized spacial score (nSPS) is 20.4. The van der Waals surface area contributed by atoms with Crippen molar-refractivity contribution in [2.75, 3.05) is 24.7 Å². The Kier molecular flexibility index (Phi) is 4.35. The Morgan fingerprint density at radius 3 is 2.94 bits per heavy atom. The van der Waals surface area contributed by atoms with Gasteiger partial charge in [-0.1, -0.05) is 32.1 Å². The molecule has 1 aliphatic heterocycles. The summed E-state index contributed by atoms with van der Waals surface area (Å²) in [5.41, 5.74) is 0.923. The molecule has 0 radical (unpaired) electrons. The van der Waals surface area contributed by atoms with Crippen LogP contribution in [-0.2, 0) is 4.74 Å². The van der Waals surface area contributed by atoms with Gasteiger partial charge in [-0.25, -0.2) is 4.98 Å². The zero-order valence-electron chi connectivity index (χ0n) is 11.2. The first kappa shape index (κ1) is 13.5. The number of ether oxygens (including phenoxy) is 1. The lowest BCUT2D eigenvalue weighted by molar-refractivity contribution is 0.0929. The zero-order valence-corrected chi connectivity index (χ0v) is 12.0. The maximum Gasteiger partial charge on any atom is 0.186 e. The number of thiazole rings is 1. The first-order valence-corrected chi connectivity index (χ1v) is 7.29. The Morgan fingerprint density at radius 2 is 2.39 bits per heavy atom. The number of carbonyl (C=O) groups is 1.